The molecule has 4 aromatic rings. The second-order valence-corrected chi connectivity index (χ2v) is 8.08. The van der Waals surface area contributed by atoms with E-state index in [2.05, 4.69) is 78.6 Å². The number of aromatic nitrogens is 1. The van der Waals surface area contributed by atoms with E-state index in [1.807, 2.05) is 37.3 Å². The molecule has 0 saturated carbocycles. The van der Waals surface area contributed by atoms with Gasteiger partial charge in [0.05, 0.1) is 6.04 Å². The molecule has 0 radical (unpaired) electrons. The van der Waals surface area contributed by atoms with Gasteiger partial charge in [-0.25, -0.2) is 0 Å². The van der Waals surface area contributed by atoms with E-state index in [-0.39, 0.29) is 17.9 Å². The van der Waals surface area contributed by atoms with Crippen molar-refractivity contribution in [1.82, 2.24) is 9.88 Å². The van der Waals surface area contributed by atoms with Gasteiger partial charge in [0.1, 0.15) is 0 Å². The molecule has 0 aliphatic carbocycles. The van der Waals surface area contributed by atoms with E-state index in [9.17, 15) is 4.79 Å². The van der Waals surface area contributed by atoms with Gasteiger partial charge in [0, 0.05) is 36.5 Å². The van der Waals surface area contributed by atoms with Crippen molar-refractivity contribution in [3.05, 3.63) is 107 Å². The van der Waals surface area contributed by atoms with Crippen molar-refractivity contribution in [2.24, 2.45) is 7.05 Å². The van der Waals surface area contributed by atoms with Crippen LogP contribution in [-0.4, -0.2) is 10.5 Å². The molecule has 152 valence electrons. The summed E-state index contributed by atoms with van der Waals surface area (Å²) < 4.78 is 2.15. The number of hydrogen-bond acceptors (Lipinski definition) is 1. The first kappa shape index (κ1) is 20.0. The highest BCUT2D eigenvalue weighted by Crippen LogP contribution is 2.34. The summed E-state index contributed by atoms with van der Waals surface area (Å²) in [5.41, 5.74) is 5.88. The molecule has 30 heavy (non-hydrogen) atoms. The van der Waals surface area contributed by atoms with Crippen molar-refractivity contribution in [2.45, 2.75) is 32.2 Å². The number of para-hydroxylation sites is 1. The summed E-state index contributed by atoms with van der Waals surface area (Å²) in [7, 11) is 2.07. The number of carbonyl (C=O) groups is 1. The summed E-state index contributed by atoms with van der Waals surface area (Å²) in [5, 5.41) is 4.39. The van der Waals surface area contributed by atoms with Crippen LogP contribution in [0, 0.1) is 6.92 Å². The molecule has 0 bridgehead atoms. The highest BCUT2D eigenvalue weighted by Gasteiger charge is 2.23. The van der Waals surface area contributed by atoms with Crippen LogP contribution in [0.4, 0.5) is 0 Å². The molecule has 1 heterocycles. The van der Waals surface area contributed by atoms with Crippen molar-refractivity contribution in [2.75, 3.05) is 0 Å². The Kier molecular flexibility index (Phi) is 5.71. The van der Waals surface area contributed by atoms with Crippen molar-refractivity contribution in [1.29, 1.82) is 0 Å². The van der Waals surface area contributed by atoms with Crippen LogP contribution in [0.1, 0.15) is 47.6 Å². The third kappa shape index (κ3) is 4.16. The van der Waals surface area contributed by atoms with Gasteiger partial charge in [-0.15, -0.1) is 0 Å². The fraction of sp³-hybridized carbons (Fsp3) is 0.222. The maximum Gasteiger partial charge on any atom is 0.221 e. The fourth-order valence-corrected chi connectivity index (χ4v) is 4.17. The third-order valence-electron chi connectivity index (χ3n) is 5.85. The van der Waals surface area contributed by atoms with Crippen LogP contribution in [0.5, 0.6) is 0 Å². The Labute approximate surface area is 178 Å². The molecule has 0 unspecified atom stereocenters. The van der Waals surface area contributed by atoms with Crippen LogP contribution in [0.2, 0.25) is 0 Å². The van der Waals surface area contributed by atoms with E-state index in [1.165, 1.54) is 27.6 Å². The number of rotatable bonds is 6. The molecule has 0 saturated heterocycles. The van der Waals surface area contributed by atoms with Gasteiger partial charge >= 0.3 is 0 Å². The number of nitrogens with zero attached hydrogens (tertiary/aromatic N) is 1. The highest BCUT2D eigenvalue weighted by atomic mass is 16.1. The average Bonchev–Trinajstić information content (AvgIpc) is 3.10. The van der Waals surface area contributed by atoms with Gasteiger partial charge in [-0.3, -0.25) is 4.79 Å². The summed E-state index contributed by atoms with van der Waals surface area (Å²) in [6.45, 7) is 4.12. The standard InChI is InChI=1S/C27H28N2O/c1-19-13-15-22(16-14-19)24(25-18-29(3)26-12-8-7-11-23(25)26)17-27(30)28-20(2)21-9-5-4-6-10-21/h4-16,18,20,24H,17H2,1-3H3,(H,28,30)/t20-,24-/m1/s1. The van der Waals surface area contributed by atoms with E-state index in [1.54, 1.807) is 0 Å². The Hall–Kier alpha value is -3.33. The molecule has 1 amide bonds. The van der Waals surface area contributed by atoms with Crippen LogP contribution in [-0.2, 0) is 11.8 Å². The lowest BCUT2D eigenvalue weighted by molar-refractivity contribution is -0.121. The summed E-state index contributed by atoms with van der Waals surface area (Å²) in [5.74, 6) is 0.0598. The van der Waals surface area contributed by atoms with Crippen LogP contribution in [0.3, 0.4) is 0 Å². The number of aryl methyl sites for hydroxylation is 2. The second kappa shape index (κ2) is 8.58. The third-order valence-corrected chi connectivity index (χ3v) is 5.85. The Morgan fingerprint density at radius 3 is 2.30 bits per heavy atom. The van der Waals surface area contributed by atoms with E-state index >= 15 is 0 Å². The van der Waals surface area contributed by atoms with E-state index < -0.39 is 0 Å². The van der Waals surface area contributed by atoms with Crippen molar-refractivity contribution < 1.29 is 4.79 Å². The zero-order chi connectivity index (χ0) is 21.1. The quantitative estimate of drug-likeness (QED) is 0.433. The van der Waals surface area contributed by atoms with Crippen LogP contribution in [0.25, 0.3) is 10.9 Å². The molecule has 0 aliphatic rings. The minimum absolute atomic E-state index is 0.000302. The molecule has 3 aromatic carbocycles. The summed E-state index contributed by atoms with van der Waals surface area (Å²) in [4.78, 5) is 13.1. The van der Waals surface area contributed by atoms with Crippen LogP contribution >= 0.6 is 0 Å². The van der Waals surface area contributed by atoms with Crippen molar-refractivity contribution in [3.8, 4) is 0 Å². The molecular weight excluding hydrogens is 368 g/mol. The minimum atomic E-state index is -0.0233. The Morgan fingerprint density at radius 1 is 0.900 bits per heavy atom. The highest BCUT2D eigenvalue weighted by molar-refractivity contribution is 5.86. The predicted octanol–water partition coefficient (Wildman–Crippen LogP) is 5.89. The summed E-state index contributed by atoms with van der Waals surface area (Å²) in [6.07, 6.45) is 2.58. The zero-order valence-electron chi connectivity index (χ0n) is 17.8. The lowest BCUT2D eigenvalue weighted by atomic mass is 9.87. The number of amides is 1. The largest absolute Gasteiger partial charge is 0.350 e. The van der Waals surface area contributed by atoms with Crippen molar-refractivity contribution in [3.63, 3.8) is 0 Å². The molecule has 0 spiro atoms. The van der Waals surface area contributed by atoms with Gasteiger partial charge in [-0.2, -0.15) is 0 Å². The fourth-order valence-electron chi connectivity index (χ4n) is 4.17. The molecule has 1 aromatic heterocycles. The SMILES string of the molecule is Cc1ccc([C@@H](CC(=O)N[C@H](C)c2ccccc2)c2cn(C)c3ccccc23)cc1. The normalized spacial score (nSPS) is 13.2. The van der Waals surface area contributed by atoms with Gasteiger partial charge in [-0.1, -0.05) is 78.4 Å². The van der Waals surface area contributed by atoms with Crippen molar-refractivity contribution >= 4 is 16.8 Å². The monoisotopic (exact) mass is 396 g/mol. The maximum atomic E-state index is 13.1. The maximum absolute atomic E-state index is 13.1. The van der Waals surface area contributed by atoms with Gasteiger partial charge in [0.2, 0.25) is 5.91 Å². The molecule has 1 N–H and O–H groups in total. The second-order valence-electron chi connectivity index (χ2n) is 8.08. The first-order valence-corrected chi connectivity index (χ1v) is 10.5. The first-order chi connectivity index (χ1) is 14.5. The molecule has 3 heteroatoms. The van der Waals surface area contributed by atoms with E-state index in [0.717, 1.165) is 5.56 Å². The van der Waals surface area contributed by atoms with E-state index in [4.69, 9.17) is 0 Å². The number of hydrogen-bond donors (Lipinski definition) is 1. The topological polar surface area (TPSA) is 34.0 Å². The Balaban J connectivity index is 1.66. The van der Waals surface area contributed by atoms with Gasteiger partial charge < -0.3 is 9.88 Å². The van der Waals surface area contributed by atoms with E-state index in [0.29, 0.717) is 6.42 Å². The Morgan fingerprint density at radius 2 is 1.57 bits per heavy atom. The van der Waals surface area contributed by atoms with Gasteiger partial charge in [-0.05, 0) is 36.6 Å². The molecule has 4 rings (SSSR count). The smallest absolute Gasteiger partial charge is 0.221 e. The summed E-state index contributed by atoms with van der Waals surface area (Å²) in [6, 6.07) is 27.0. The van der Waals surface area contributed by atoms with Gasteiger partial charge in [0.25, 0.3) is 0 Å². The lowest BCUT2D eigenvalue weighted by Gasteiger charge is -2.20. The minimum Gasteiger partial charge on any atom is -0.350 e. The molecule has 2 atom stereocenters. The summed E-state index contributed by atoms with van der Waals surface area (Å²) >= 11 is 0. The average molecular weight is 397 g/mol. The molecule has 3 nitrogen and oxygen atoms in total. The number of carbonyl (C=O) groups excluding carboxylic acids is 1. The zero-order valence-corrected chi connectivity index (χ0v) is 17.8. The number of benzene rings is 3. The van der Waals surface area contributed by atoms with Crippen LogP contribution < -0.4 is 5.32 Å². The molecular formula is C27H28N2O. The molecule has 0 aliphatic heterocycles. The Bertz CT molecular complexity index is 1140. The number of nitrogens with one attached hydrogen (secondary N) is 1. The first-order valence-electron chi connectivity index (χ1n) is 10.5. The predicted molar refractivity (Wildman–Crippen MR) is 124 cm³/mol. The number of fused-ring (bicyclic) bond motifs is 1. The van der Waals surface area contributed by atoms with Crippen LogP contribution in [0.15, 0.2) is 85.1 Å². The van der Waals surface area contributed by atoms with Gasteiger partial charge in [0.15, 0.2) is 0 Å². The lowest BCUT2D eigenvalue weighted by Crippen LogP contribution is -2.28. The molecule has 0 fully saturated rings.